The van der Waals surface area contributed by atoms with Gasteiger partial charge in [-0.3, -0.25) is 9.82 Å². The maximum atomic E-state index is 13.5. The van der Waals surface area contributed by atoms with Crippen LogP contribution in [0.4, 0.5) is 10.1 Å². The standard InChI is InChI=1S/C10H7ClFN3O4S/c11-5-1-2-7(12)8(3-5)15-20(18,19)9-6(10(16)17)4-13-14-9/h1-4,15H,(H,13,14)(H,16,17). The molecule has 0 aliphatic heterocycles. The van der Waals surface area contributed by atoms with Crippen LogP contribution in [0.15, 0.2) is 29.4 Å². The third-order valence-corrected chi connectivity index (χ3v) is 3.85. The first-order valence-corrected chi connectivity index (χ1v) is 6.92. The number of halogens is 2. The molecule has 0 amide bonds. The number of carboxylic acids is 1. The number of hydrogen-bond donors (Lipinski definition) is 3. The summed E-state index contributed by atoms with van der Waals surface area (Å²) >= 11 is 5.64. The molecule has 0 spiro atoms. The van der Waals surface area contributed by atoms with E-state index in [1.165, 1.54) is 6.07 Å². The van der Waals surface area contributed by atoms with Gasteiger partial charge in [0.15, 0.2) is 5.03 Å². The normalized spacial score (nSPS) is 11.3. The lowest BCUT2D eigenvalue weighted by Gasteiger charge is -2.08. The van der Waals surface area contributed by atoms with Gasteiger partial charge < -0.3 is 5.11 Å². The molecule has 0 aliphatic rings. The van der Waals surface area contributed by atoms with Gasteiger partial charge in [-0.05, 0) is 18.2 Å². The third kappa shape index (κ3) is 2.73. The van der Waals surface area contributed by atoms with Gasteiger partial charge >= 0.3 is 5.97 Å². The van der Waals surface area contributed by atoms with E-state index >= 15 is 0 Å². The van der Waals surface area contributed by atoms with Crippen LogP contribution in [0.3, 0.4) is 0 Å². The maximum absolute atomic E-state index is 13.5. The lowest BCUT2D eigenvalue weighted by Crippen LogP contribution is -2.17. The maximum Gasteiger partial charge on any atom is 0.340 e. The monoisotopic (exact) mass is 319 g/mol. The minimum absolute atomic E-state index is 0.118. The summed E-state index contributed by atoms with van der Waals surface area (Å²) in [5.41, 5.74) is -0.955. The highest BCUT2D eigenvalue weighted by atomic mass is 35.5. The summed E-state index contributed by atoms with van der Waals surface area (Å²) in [6.45, 7) is 0. The number of benzene rings is 1. The average Bonchev–Trinajstić information content (AvgIpc) is 2.83. The number of aromatic carboxylic acids is 1. The number of anilines is 1. The number of sulfonamides is 1. The van der Waals surface area contributed by atoms with Gasteiger partial charge in [0.1, 0.15) is 11.4 Å². The van der Waals surface area contributed by atoms with Gasteiger partial charge in [-0.25, -0.2) is 9.18 Å². The molecule has 1 aromatic carbocycles. The number of nitrogens with zero attached hydrogens (tertiary/aromatic N) is 1. The van der Waals surface area contributed by atoms with Crippen LogP contribution in [0.2, 0.25) is 5.02 Å². The molecule has 20 heavy (non-hydrogen) atoms. The summed E-state index contributed by atoms with van der Waals surface area (Å²) < 4.78 is 39.4. The van der Waals surface area contributed by atoms with Gasteiger partial charge in [-0.1, -0.05) is 11.6 Å². The number of aromatic nitrogens is 2. The molecular weight excluding hydrogens is 313 g/mol. The Labute approximate surface area is 117 Å². The van der Waals surface area contributed by atoms with Crippen LogP contribution < -0.4 is 4.72 Å². The second kappa shape index (κ2) is 5.10. The molecule has 0 bridgehead atoms. The minimum Gasteiger partial charge on any atom is -0.478 e. The molecule has 1 aromatic heterocycles. The van der Waals surface area contributed by atoms with Crippen molar-refractivity contribution in [2.24, 2.45) is 0 Å². The highest BCUT2D eigenvalue weighted by Crippen LogP contribution is 2.23. The minimum atomic E-state index is -4.33. The van der Waals surface area contributed by atoms with Crippen LogP contribution in [-0.4, -0.2) is 29.7 Å². The molecule has 0 saturated heterocycles. The lowest BCUT2D eigenvalue weighted by molar-refractivity contribution is 0.0692. The van der Waals surface area contributed by atoms with Gasteiger partial charge in [0.2, 0.25) is 0 Å². The Morgan fingerprint density at radius 3 is 2.80 bits per heavy atom. The number of rotatable bonds is 4. The Morgan fingerprint density at radius 1 is 1.45 bits per heavy atom. The number of H-pyrrole nitrogens is 1. The Balaban J connectivity index is 2.44. The molecule has 2 aromatic rings. The topological polar surface area (TPSA) is 112 Å². The molecular formula is C10H7ClFN3O4S. The average molecular weight is 320 g/mol. The van der Waals surface area contributed by atoms with E-state index in [2.05, 4.69) is 5.10 Å². The van der Waals surface area contributed by atoms with Crippen molar-refractivity contribution in [2.45, 2.75) is 5.03 Å². The Morgan fingerprint density at radius 2 is 2.15 bits per heavy atom. The summed E-state index contributed by atoms with van der Waals surface area (Å²) in [5.74, 6) is -2.33. The van der Waals surface area contributed by atoms with Gasteiger partial charge in [0, 0.05) is 5.02 Å². The second-order valence-corrected chi connectivity index (χ2v) is 5.70. The zero-order valence-electron chi connectivity index (χ0n) is 9.59. The molecule has 0 radical (unpaired) electrons. The van der Waals surface area contributed by atoms with Gasteiger partial charge in [-0.15, -0.1) is 0 Å². The summed E-state index contributed by atoms with van der Waals surface area (Å²) in [7, 11) is -4.33. The van der Waals surface area contributed by atoms with E-state index in [-0.39, 0.29) is 5.02 Å². The van der Waals surface area contributed by atoms with E-state index in [1.807, 2.05) is 9.82 Å². The smallest absolute Gasteiger partial charge is 0.340 e. The fourth-order valence-electron chi connectivity index (χ4n) is 1.40. The molecule has 7 nitrogen and oxygen atoms in total. The van der Waals surface area contributed by atoms with E-state index in [9.17, 15) is 17.6 Å². The molecule has 0 aliphatic carbocycles. The van der Waals surface area contributed by atoms with Crippen molar-refractivity contribution in [3.63, 3.8) is 0 Å². The molecule has 0 fully saturated rings. The van der Waals surface area contributed by atoms with Crippen LogP contribution in [0.5, 0.6) is 0 Å². The highest BCUT2D eigenvalue weighted by molar-refractivity contribution is 7.92. The predicted octanol–water partition coefficient (Wildman–Crippen LogP) is 1.70. The quantitative estimate of drug-likeness (QED) is 0.794. The van der Waals surface area contributed by atoms with E-state index in [1.54, 1.807) is 0 Å². The lowest BCUT2D eigenvalue weighted by atomic mass is 10.3. The molecule has 106 valence electrons. The van der Waals surface area contributed by atoms with Crippen LogP contribution in [-0.2, 0) is 10.0 Å². The van der Waals surface area contributed by atoms with Crippen molar-refractivity contribution in [3.05, 3.63) is 40.8 Å². The number of nitrogens with one attached hydrogen (secondary N) is 2. The molecule has 0 unspecified atom stereocenters. The zero-order chi connectivity index (χ0) is 14.9. The SMILES string of the molecule is O=C(O)c1cn[nH]c1S(=O)(=O)Nc1cc(Cl)ccc1F. The van der Waals surface area contributed by atoms with E-state index in [0.717, 1.165) is 18.3 Å². The van der Waals surface area contributed by atoms with E-state index < -0.39 is 38.1 Å². The third-order valence-electron chi connectivity index (χ3n) is 2.28. The van der Waals surface area contributed by atoms with Crippen molar-refractivity contribution >= 4 is 33.3 Å². The number of carbonyl (C=O) groups is 1. The van der Waals surface area contributed by atoms with Crippen molar-refractivity contribution in [1.29, 1.82) is 0 Å². The van der Waals surface area contributed by atoms with Crippen LogP contribution in [0, 0.1) is 5.82 Å². The van der Waals surface area contributed by atoms with Crippen LogP contribution in [0.25, 0.3) is 0 Å². The Kier molecular flexibility index (Phi) is 3.64. The Bertz CT molecular complexity index is 775. The predicted molar refractivity (Wildman–Crippen MR) is 67.8 cm³/mol. The Hall–Kier alpha value is -2.13. The fourth-order valence-corrected chi connectivity index (χ4v) is 2.73. The summed E-state index contributed by atoms with van der Waals surface area (Å²) in [6.07, 6.45) is 0.839. The first-order chi connectivity index (χ1) is 9.31. The van der Waals surface area contributed by atoms with Gasteiger partial charge in [0.05, 0.1) is 11.9 Å². The number of hydrogen-bond acceptors (Lipinski definition) is 4. The van der Waals surface area contributed by atoms with Crippen molar-refractivity contribution < 1.29 is 22.7 Å². The largest absolute Gasteiger partial charge is 0.478 e. The van der Waals surface area contributed by atoms with E-state index in [4.69, 9.17) is 16.7 Å². The summed E-state index contributed by atoms with van der Waals surface area (Å²) in [4.78, 5) is 10.9. The van der Waals surface area contributed by atoms with Crippen LogP contribution in [0.1, 0.15) is 10.4 Å². The van der Waals surface area contributed by atoms with Gasteiger partial charge in [0.25, 0.3) is 10.0 Å². The first kappa shape index (κ1) is 14.3. The zero-order valence-corrected chi connectivity index (χ0v) is 11.2. The number of aromatic amines is 1. The molecule has 10 heteroatoms. The van der Waals surface area contributed by atoms with Crippen molar-refractivity contribution in [3.8, 4) is 0 Å². The molecule has 0 saturated carbocycles. The fraction of sp³-hybridized carbons (Fsp3) is 0. The molecule has 3 N–H and O–H groups in total. The van der Waals surface area contributed by atoms with Crippen molar-refractivity contribution in [1.82, 2.24) is 10.2 Å². The first-order valence-electron chi connectivity index (χ1n) is 5.06. The van der Waals surface area contributed by atoms with E-state index in [0.29, 0.717) is 0 Å². The molecule has 0 atom stereocenters. The molecule has 1 heterocycles. The summed E-state index contributed by atoms with van der Waals surface area (Å²) in [6, 6.07) is 3.28. The highest BCUT2D eigenvalue weighted by Gasteiger charge is 2.25. The van der Waals surface area contributed by atoms with Gasteiger partial charge in [-0.2, -0.15) is 13.5 Å². The van der Waals surface area contributed by atoms with Crippen LogP contribution >= 0.6 is 11.6 Å². The molecule has 2 rings (SSSR count). The summed E-state index contributed by atoms with van der Waals surface area (Å²) in [5, 5.41) is 13.7. The second-order valence-electron chi connectivity index (χ2n) is 3.65. The van der Waals surface area contributed by atoms with Crippen molar-refractivity contribution in [2.75, 3.05) is 4.72 Å². The number of carboxylic acid groups (broad SMARTS) is 1.